The second-order valence-corrected chi connectivity index (χ2v) is 5.98. The van der Waals surface area contributed by atoms with Crippen molar-refractivity contribution in [3.63, 3.8) is 0 Å². The van der Waals surface area contributed by atoms with Gasteiger partial charge in [0.2, 0.25) is 0 Å². The molecular weight excluding hydrogens is 248 g/mol. The third kappa shape index (κ3) is 3.37. The standard InChI is InChI=1S/C16H24N4/c1-19(2)11-15-9-6-10-20(15)13-16(18,12-17)14-7-4-3-5-8-14/h3-5,7-8,15H,6,9-11,13,18H2,1-2H3. The average molecular weight is 272 g/mol. The Hall–Kier alpha value is -1.41. The van der Waals surface area contributed by atoms with E-state index in [0.29, 0.717) is 12.6 Å². The predicted octanol–water partition coefficient (Wildman–Crippen LogP) is 1.39. The van der Waals surface area contributed by atoms with Gasteiger partial charge in [-0.1, -0.05) is 30.3 Å². The number of hydrogen-bond donors (Lipinski definition) is 1. The van der Waals surface area contributed by atoms with Gasteiger partial charge in [0.15, 0.2) is 0 Å². The maximum Gasteiger partial charge on any atom is 0.142 e. The summed E-state index contributed by atoms with van der Waals surface area (Å²) in [6.07, 6.45) is 2.38. The van der Waals surface area contributed by atoms with Crippen molar-refractivity contribution in [3.05, 3.63) is 35.9 Å². The Morgan fingerprint density at radius 3 is 2.70 bits per heavy atom. The monoisotopic (exact) mass is 272 g/mol. The highest BCUT2D eigenvalue weighted by atomic mass is 15.2. The summed E-state index contributed by atoms with van der Waals surface area (Å²) in [5, 5.41) is 9.56. The van der Waals surface area contributed by atoms with Gasteiger partial charge in [-0.3, -0.25) is 4.90 Å². The summed E-state index contributed by atoms with van der Waals surface area (Å²) in [7, 11) is 4.18. The molecule has 0 bridgehead atoms. The van der Waals surface area contributed by atoms with Crippen LogP contribution >= 0.6 is 0 Å². The van der Waals surface area contributed by atoms with Crippen molar-refractivity contribution in [3.8, 4) is 6.07 Å². The second kappa shape index (κ2) is 6.36. The molecule has 1 aliphatic rings. The first-order chi connectivity index (χ1) is 9.55. The molecule has 20 heavy (non-hydrogen) atoms. The Morgan fingerprint density at radius 2 is 2.10 bits per heavy atom. The van der Waals surface area contributed by atoms with E-state index in [9.17, 15) is 5.26 Å². The number of likely N-dealkylation sites (N-methyl/N-ethyl adjacent to an activating group) is 1. The van der Waals surface area contributed by atoms with E-state index in [1.165, 1.54) is 12.8 Å². The summed E-state index contributed by atoms with van der Waals surface area (Å²) >= 11 is 0. The van der Waals surface area contributed by atoms with Crippen molar-refractivity contribution in [1.82, 2.24) is 9.80 Å². The molecule has 1 heterocycles. The van der Waals surface area contributed by atoms with Gasteiger partial charge in [-0.15, -0.1) is 0 Å². The summed E-state index contributed by atoms with van der Waals surface area (Å²) in [6.45, 7) is 2.66. The first kappa shape index (κ1) is 15.0. The number of likely N-dealkylation sites (tertiary alicyclic amines) is 1. The topological polar surface area (TPSA) is 56.3 Å². The van der Waals surface area contributed by atoms with Crippen molar-refractivity contribution in [2.45, 2.75) is 24.4 Å². The lowest BCUT2D eigenvalue weighted by molar-refractivity contribution is 0.183. The van der Waals surface area contributed by atoms with E-state index >= 15 is 0 Å². The molecule has 108 valence electrons. The van der Waals surface area contributed by atoms with Crippen LogP contribution in [-0.4, -0.2) is 49.6 Å². The summed E-state index contributed by atoms with van der Waals surface area (Å²) in [5.74, 6) is 0. The molecule has 1 aliphatic heterocycles. The van der Waals surface area contributed by atoms with Gasteiger partial charge in [0.1, 0.15) is 5.54 Å². The normalized spacial score (nSPS) is 22.6. The third-order valence-electron chi connectivity index (χ3n) is 4.02. The minimum atomic E-state index is -0.920. The smallest absolute Gasteiger partial charge is 0.142 e. The van der Waals surface area contributed by atoms with Gasteiger partial charge in [-0.2, -0.15) is 5.26 Å². The zero-order valence-electron chi connectivity index (χ0n) is 12.4. The van der Waals surface area contributed by atoms with Crippen LogP contribution in [0.4, 0.5) is 0 Å². The molecular formula is C16H24N4. The van der Waals surface area contributed by atoms with Crippen molar-refractivity contribution < 1.29 is 0 Å². The number of rotatable bonds is 5. The molecule has 2 atom stereocenters. The van der Waals surface area contributed by atoms with Crippen LogP contribution in [0, 0.1) is 11.3 Å². The lowest BCUT2D eigenvalue weighted by Gasteiger charge is -2.33. The van der Waals surface area contributed by atoms with E-state index in [0.717, 1.165) is 18.7 Å². The molecule has 0 radical (unpaired) electrons. The fourth-order valence-electron chi connectivity index (χ4n) is 2.98. The van der Waals surface area contributed by atoms with E-state index in [4.69, 9.17) is 5.73 Å². The highest BCUT2D eigenvalue weighted by Gasteiger charge is 2.34. The molecule has 2 N–H and O–H groups in total. The summed E-state index contributed by atoms with van der Waals surface area (Å²) in [4.78, 5) is 4.58. The van der Waals surface area contributed by atoms with Crippen molar-refractivity contribution in [2.75, 3.05) is 33.7 Å². The van der Waals surface area contributed by atoms with Crippen LogP contribution in [0.5, 0.6) is 0 Å². The zero-order valence-corrected chi connectivity index (χ0v) is 12.4. The van der Waals surface area contributed by atoms with Gasteiger partial charge >= 0.3 is 0 Å². The predicted molar refractivity (Wildman–Crippen MR) is 81.1 cm³/mol. The minimum Gasteiger partial charge on any atom is -0.309 e. The van der Waals surface area contributed by atoms with Gasteiger partial charge < -0.3 is 10.6 Å². The molecule has 4 nitrogen and oxygen atoms in total. The fraction of sp³-hybridized carbons (Fsp3) is 0.562. The first-order valence-corrected chi connectivity index (χ1v) is 7.19. The van der Waals surface area contributed by atoms with E-state index < -0.39 is 5.54 Å². The molecule has 1 saturated heterocycles. The molecule has 0 saturated carbocycles. The van der Waals surface area contributed by atoms with E-state index in [-0.39, 0.29) is 0 Å². The Bertz CT molecular complexity index is 465. The van der Waals surface area contributed by atoms with Gasteiger partial charge in [0, 0.05) is 19.1 Å². The molecule has 0 aromatic heterocycles. The SMILES string of the molecule is CN(C)CC1CCCN1CC(N)(C#N)c1ccccc1. The first-order valence-electron chi connectivity index (χ1n) is 7.19. The molecule has 4 heteroatoms. The van der Waals surface area contributed by atoms with Gasteiger partial charge in [-0.05, 0) is 39.0 Å². The van der Waals surface area contributed by atoms with Crippen LogP contribution in [0.2, 0.25) is 0 Å². The molecule has 2 unspecified atom stereocenters. The largest absolute Gasteiger partial charge is 0.309 e. The van der Waals surface area contributed by atoms with E-state index in [2.05, 4.69) is 30.0 Å². The Labute approximate surface area is 121 Å². The number of nitrogens with two attached hydrogens (primary N) is 1. The summed E-state index contributed by atoms with van der Waals surface area (Å²) < 4.78 is 0. The highest BCUT2D eigenvalue weighted by Crippen LogP contribution is 2.24. The third-order valence-corrected chi connectivity index (χ3v) is 4.02. The quantitative estimate of drug-likeness (QED) is 0.880. The fourth-order valence-corrected chi connectivity index (χ4v) is 2.98. The van der Waals surface area contributed by atoms with Crippen LogP contribution in [0.25, 0.3) is 0 Å². The maximum absolute atomic E-state index is 9.56. The number of nitrogens with zero attached hydrogens (tertiary/aromatic N) is 3. The lowest BCUT2D eigenvalue weighted by atomic mass is 9.91. The van der Waals surface area contributed by atoms with Gasteiger partial charge in [0.25, 0.3) is 0 Å². The van der Waals surface area contributed by atoms with Crippen LogP contribution < -0.4 is 5.73 Å². The van der Waals surface area contributed by atoms with Crippen LogP contribution in [-0.2, 0) is 5.54 Å². The number of benzene rings is 1. The maximum atomic E-state index is 9.56. The van der Waals surface area contributed by atoms with Crippen LogP contribution in [0.1, 0.15) is 18.4 Å². The van der Waals surface area contributed by atoms with Crippen LogP contribution in [0.15, 0.2) is 30.3 Å². The molecule has 2 rings (SSSR count). The lowest BCUT2D eigenvalue weighted by Crippen LogP contribution is -2.50. The molecule has 1 aromatic rings. The van der Waals surface area contributed by atoms with Gasteiger partial charge in [-0.25, -0.2) is 0 Å². The minimum absolute atomic E-state index is 0.505. The van der Waals surface area contributed by atoms with E-state index in [1.54, 1.807) is 0 Å². The Kier molecular flexibility index (Phi) is 4.77. The molecule has 1 aromatic carbocycles. The Balaban J connectivity index is 2.12. The molecule has 0 aliphatic carbocycles. The van der Waals surface area contributed by atoms with Gasteiger partial charge in [0.05, 0.1) is 6.07 Å². The molecule has 0 spiro atoms. The van der Waals surface area contributed by atoms with Crippen molar-refractivity contribution in [1.29, 1.82) is 5.26 Å². The zero-order chi connectivity index (χ0) is 14.6. The molecule has 1 fully saturated rings. The average Bonchev–Trinajstić information content (AvgIpc) is 2.86. The van der Waals surface area contributed by atoms with Crippen LogP contribution in [0.3, 0.4) is 0 Å². The highest BCUT2D eigenvalue weighted by molar-refractivity contribution is 5.31. The van der Waals surface area contributed by atoms with Crippen molar-refractivity contribution >= 4 is 0 Å². The number of hydrogen-bond acceptors (Lipinski definition) is 4. The summed E-state index contributed by atoms with van der Waals surface area (Å²) in [6, 6.07) is 12.5. The summed E-state index contributed by atoms with van der Waals surface area (Å²) in [5.41, 5.74) is 6.36. The Morgan fingerprint density at radius 1 is 1.40 bits per heavy atom. The second-order valence-electron chi connectivity index (χ2n) is 5.98. The number of nitriles is 1. The van der Waals surface area contributed by atoms with Crippen molar-refractivity contribution in [2.24, 2.45) is 5.73 Å². The van der Waals surface area contributed by atoms with E-state index in [1.807, 2.05) is 30.3 Å². The molecule has 0 amide bonds.